The Labute approximate surface area is 141 Å². The lowest BCUT2D eigenvalue weighted by Crippen LogP contribution is -2.33. The highest BCUT2D eigenvalue weighted by Crippen LogP contribution is 2.18. The minimum Gasteiger partial charge on any atom is -0.467 e. The number of methoxy groups -OCH3 is 1. The number of aromatic nitrogens is 2. The van der Waals surface area contributed by atoms with Gasteiger partial charge in [-0.3, -0.25) is 5.32 Å². The quantitative estimate of drug-likeness (QED) is 0.724. The van der Waals surface area contributed by atoms with E-state index in [4.69, 9.17) is 9.84 Å². The van der Waals surface area contributed by atoms with E-state index in [0.717, 1.165) is 5.56 Å². The van der Waals surface area contributed by atoms with Crippen LogP contribution in [0.3, 0.4) is 0 Å². The van der Waals surface area contributed by atoms with E-state index in [0.29, 0.717) is 24.4 Å². The number of anilines is 1. The molecule has 3 N–H and O–H groups in total. The summed E-state index contributed by atoms with van der Waals surface area (Å²) in [5.74, 6) is 0.366. The second kappa shape index (κ2) is 8.83. The number of nitrogens with one attached hydrogen (secondary N) is 2. The molecule has 1 unspecified atom stereocenters. The van der Waals surface area contributed by atoms with Crippen molar-refractivity contribution in [2.24, 2.45) is 0 Å². The third-order valence-electron chi connectivity index (χ3n) is 3.42. The number of hydrogen-bond acceptors (Lipinski definition) is 5. The molecule has 2 amide bonds. The molecule has 0 aliphatic carbocycles. The molecule has 0 fully saturated rings. The first-order valence-corrected chi connectivity index (χ1v) is 7.75. The van der Waals surface area contributed by atoms with Gasteiger partial charge in [0.15, 0.2) is 0 Å². The maximum atomic E-state index is 12.3. The fourth-order valence-corrected chi connectivity index (χ4v) is 2.31. The van der Waals surface area contributed by atoms with Crippen LogP contribution < -0.4 is 15.4 Å². The average Bonchev–Trinajstić information content (AvgIpc) is 2.58. The lowest BCUT2D eigenvalue weighted by Gasteiger charge is -2.19. The topological polar surface area (TPSA) is 96.4 Å². The summed E-state index contributed by atoms with van der Waals surface area (Å²) in [5.41, 5.74) is 1.68. The Balaban J connectivity index is 2.06. The second-order valence-electron chi connectivity index (χ2n) is 5.31. The first kappa shape index (κ1) is 17.7. The molecule has 0 spiro atoms. The molecular weight excluding hydrogens is 308 g/mol. The molecule has 7 nitrogen and oxygen atoms in total. The zero-order valence-electron chi connectivity index (χ0n) is 13.8. The highest BCUT2D eigenvalue weighted by molar-refractivity contribution is 5.88. The van der Waals surface area contributed by atoms with Gasteiger partial charge in [-0.15, -0.1) is 0 Å². The minimum atomic E-state index is -0.373. The van der Waals surface area contributed by atoms with Crippen molar-refractivity contribution in [1.29, 1.82) is 0 Å². The maximum absolute atomic E-state index is 12.3. The van der Waals surface area contributed by atoms with Crippen LogP contribution in [0.15, 0.2) is 36.4 Å². The molecule has 1 atom stereocenters. The van der Waals surface area contributed by atoms with Gasteiger partial charge in [-0.25, -0.2) is 9.78 Å². The summed E-state index contributed by atoms with van der Waals surface area (Å²) in [5, 5.41) is 14.7. The van der Waals surface area contributed by atoms with Crippen LogP contribution in [0.4, 0.5) is 10.6 Å². The van der Waals surface area contributed by atoms with Crippen LogP contribution >= 0.6 is 0 Å². The number of hydrogen-bond donors (Lipinski definition) is 3. The van der Waals surface area contributed by atoms with E-state index in [1.807, 2.05) is 30.3 Å². The van der Waals surface area contributed by atoms with Gasteiger partial charge in [-0.05, 0) is 25.3 Å². The van der Waals surface area contributed by atoms with Crippen LogP contribution in [0.1, 0.15) is 30.1 Å². The molecule has 24 heavy (non-hydrogen) atoms. The summed E-state index contributed by atoms with van der Waals surface area (Å²) >= 11 is 0. The molecule has 0 radical (unpaired) electrons. The normalized spacial score (nSPS) is 11.6. The second-order valence-corrected chi connectivity index (χ2v) is 5.31. The lowest BCUT2D eigenvalue weighted by atomic mass is 10.0. The van der Waals surface area contributed by atoms with Gasteiger partial charge in [0.25, 0.3) is 0 Å². The molecule has 128 valence electrons. The number of aliphatic hydroxyl groups is 1. The molecule has 1 heterocycles. The number of urea groups is 1. The minimum absolute atomic E-state index is 0.0783. The van der Waals surface area contributed by atoms with Crippen molar-refractivity contribution in [1.82, 2.24) is 15.3 Å². The van der Waals surface area contributed by atoms with Crippen molar-refractivity contribution in [3.63, 3.8) is 0 Å². The van der Waals surface area contributed by atoms with Crippen LogP contribution in [0.25, 0.3) is 0 Å². The molecule has 0 saturated carbocycles. The number of carbonyl (C=O) groups excluding carboxylic acids is 1. The Morgan fingerprint density at radius 2 is 2.04 bits per heavy atom. The number of carbonyl (C=O) groups is 1. The van der Waals surface area contributed by atoms with Gasteiger partial charge in [-0.1, -0.05) is 30.3 Å². The number of ether oxygens (including phenoxy) is 1. The molecule has 2 rings (SSSR count). The molecule has 0 aliphatic rings. The summed E-state index contributed by atoms with van der Waals surface area (Å²) in [4.78, 5) is 20.4. The Hall–Kier alpha value is -2.67. The van der Waals surface area contributed by atoms with Gasteiger partial charge in [0.1, 0.15) is 5.82 Å². The summed E-state index contributed by atoms with van der Waals surface area (Å²) < 4.78 is 5.00. The largest absolute Gasteiger partial charge is 0.467 e. The number of rotatable bonds is 7. The molecule has 0 aliphatic heterocycles. The van der Waals surface area contributed by atoms with Gasteiger partial charge in [0, 0.05) is 18.4 Å². The van der Waals surface area contributed by atoms with Crippen molar-refractivity contribution in [3.05, 3.63) is 47.7 Å². The van der Waals surface area contributed by atoms with Crippen molar-refractivity contribution >= 4 is 11.8 Å². The van der Waals surface area contributed by atoms with Crippen LogP contribution in [-0.4, -0.2) is 34.8 Å². The number of benzene rings is 1. The summed E-state index contributed by atoms with van der Waals surface area (Å²) in [6, 6.07) is 10.9. The highest BCUT2D eigenvalue weighted by atomic mass is 16.5. The first-order valence-electron chi connectivity index (χ1n) is 7.75. The Kier molecular flexibility index (Phi) is 6.51. The van der Waals surface area contributed by atoms with Gasteiger partial charge in [0.05, 0.1) is 13.2 Å². The van der Waals surface area contributed by atoms with Crippen molar-refractivity contribution < 1.29 is 14.6 Å². The van der Waals surface area contributed by atoms with Crippen LogP contribution in [0, 0.1) is 6.92 Å². The molecule has 0 bridgehead atoms. The molecule has 7 heteroatoms. The third-order valence-corrected chi connectivity index (χ3v) is 3.42. The Morgan fingerprint density at radius 3 is 2.71 bits per heavy atom. The van der Waals surface area contributed by atoms with Crippen LogP contribution in [0.2, 0.25) is 0 Å². The van der Waals surface area contributed by atoms with Crippen molar-refractivity contribution in [3.8, 4) is 6.01 Å². The fraction of sp³-hybridized carbons (Fsp3) is 0.353. The average molecular weight is 330 g/mol. The fourth-order valence-electron chi connectivity index (χ4n) is 2.31. The first-order chi connectivity index (χ1) is 11.6. The Morgan fingerprint density at radius 1 is 1.29 bits per heavy atom. The molecular formula is C17H22N4O3. The molecule has 1 aromatic carbocycles. The predicted octanol–water partition coefficient (Wildman–Crippen LogP) is 2.43. The summed E-state index contributed by atoms with van der Waals surface area (Å²) in [7, 11) is 1.47. The molecule has 2 aromatic rings. The van der Waals surface area contributed by atoms with E-state index in [2.05, 4.69) is 20.6 Å². The van der Waals surface area contributed by atoms with E-state index in [-0.39, 0.29) is 24.7 Å². The predicted molar refractivity (Wildman–Crippen MR) is 91.0 cm³/mol. The van der Waals surface area contributed by atoms with E-state index in [9.17, 15) is 4.79 Å². The number of aliphatic hydroxyl groups excluding tert-OH is 1. The monoisotopic (exact) mass is 330 g/mol. The Bertz CT molecular complexity index is 664. The van der Waals surface area contributed by atoms with E-state index >= 15 is 0 Å². The van der Waals surface area contributed by atoms with Gasteiger partial charge in [-0.2, -0.15) is 4.98 Å². The lowest BCUT2D eigenvalue weighted by molar-refractivity contribution is 0.243. The van der Waals surface area contributed by atoms with E-state index < -0.39 is 0 Å². The standard InChI is InChI=1S/C17H22N4O3/c1-12-11-15(21-17(18-12)24-2)20-16(23)19-14(9-6-10-22)13-7-4-3-5-8-13/h3-5,7-8,11,14,22H,6,9-10H2,1-2H3,(H2,18,19,20,21,23). The van der Waals surface area contributed by atoms with Gasteiger partial charge >= 0.3 is 12.0 Å². The van der Waals surface area contributed by atoms with Crippen LogP contribution in [-0.2, 0) is 0 Å². The number of aryl methyl sites for hydroxylation is 1. The van der Waals surface area contributed by atoms with Crippen LogP contribution in [0.5, 0.6) is 6.01 Å². The maximum Gasteiger partial charge on any atom is 0.320 e. The smallest absolute Gasteiger partial charge is 0.320 e. The van der Waals surface area contributed by atoms with Gasteiger partial charge in [0.2, 0.25) is 0 Å². The van der Waals surface area contributed by atoms with Gasteiger partial charge < -0.3 is 15.2 Å². The summed E-state index contributed by atoms with van der Waals surface area (Å²) in [6.45, 7) is 1.87. The highest BCUT2D eigenvalue weighted by Gasteiger charge is 2.15. The molecule has 1 aromatic heterocycles. The number of nitrogens with zero attached hydrogens (tertiary/aromatic N) is 2. The summed E-state index contributed by atoms with van der Waals surface area (Å²) in [6.07, 6.45) is 1.24. The number of amides is 2. The van der Waals surface area contributed by atoms with E-state index in [1.165, 1.54) is 7.11 Å². The molecule has 0 saturated heterocycles. The van der Waals surface area contributed by atoms with Crippen molar-refractivity contribution in [2.75, 3.05) is 19.0 Å². The van der Waals surface area contributed by atoms with Crippen molar-refractivity contribution in [2.45, 2.75) is 25.8 Å². The SMILES string of the molecule is COc1nc(C)cc(NC(=O)NC(CCCO)c2ccccc2)n1. The third kappa shape index (κ3) is 5.20. The zero-order valence-corrected chi connectivity index (χ0v) is 13.8. The zero-order chi connectivity index (χ0) is 17.4. The van der Waals surface area contributed by atoms with E-state index in [1.54, 1.807) is 13.0 Å².